The molecule has 0 bridgehead atoms. The Morgan fingerprint density at radius 3 is 1.83 bits per heavy atom. The molecule has 0 saturated carbocycles. The zero-order valence-corrected chi connectivity index (χ0v) is 17.4. The minimum absolute atomic E-state index is 0.433. The second-order valence-corrected chi connectivity index (χ2v) is 11.1. The Bertz CT molecular complexity index is 404. The molecular weight excluding hydrogens is 280 g/mol. The number of hydrogen-bond donors (Lipinski definition) is 0. The first-order chi connectivity index (χ1) is 10.3. The fourth-order valence-electron chi connectivity index (χ4n) is 4.26. The third-order valence-corrected chi connectivity index (χ3v) is 7.70. The Morgan fingerprint density at radius 1 is 0.870 bits per heavy atom. The van der Waals surface area contributed by atoms with Gasteiger partial charge in [0.05, 0.1) is 0 Å². The van der Waals surface area contributed by atoms with Crippen molar-refractivity contribution in [3.8, 4) is 0 Å². The van der Waals surface area contributed by atoms with Gasteiger partial charge in [-0.05, 0) is 54.9 Å². The van der Waals surface area contributed by atoms with Crippen LogP contribution < -0.4 is 0 Å². The minimum Gasteiger partial charge on any atom is -0.302 e. The first-order valence-corrected chi connectivity index (χ1v) is 9.76. The van der Waals surface area contributed by atoms with E-state index in [1.165, 1.54) is 45.6 Å². The van der Waals surface area contributed by atoms with Crippen LogP contribution in [0.3, 0.4) is 0 Å². The standard InChI is InChI=1S/C21H42N2/c1-17(2)23-15-21(9,16-23)19(6,7)11-10-12-22-13-20(8,14-22)18(3,4)5/h17H,10-16H2,1-9H3. The lowest BCUT2D eigenvalue weighted by atomic mass is 9.59. The van der Waals surface area contributed by atoms with Crippen LogP contribution in [-0.2, 0) is 0 Å². The van der Waals surface area contributed by atoms with Crippen molar-refractivity contribution < 1.29 is 0 Å². The van der Waals surface area contributed by atoms with Crippen LogP contribution in [0.15, 0.2) is 0 Å². The summed E-state index contributed by atoms with van der Waals surface area (Å²) in [6.07, 6.45) is 2.71. The molecule has 0 spiro atoms. The third kappa shape index (κ3) is 3.63. The largest absolute Gasteiger partial charge is 0.302 e. The predicted molar refractivity (Wildman–Crippen MR) is 102 cm³/mol. The van der Waals surface area contributed by atoms with Crippen LogP contribution >= 0.6 is 0 Å². The molecule has 0 aromatic carbocycles. The summed E-state index contributed by atoms with van der Waals surface area (Å²) in [4.78, 5) is 5.29. The van der Waals surface area contributed by atoms with Crippen molar-refractivity contribution in [2.75, 3.05) is 32.7 Å². The molecule has 2 nitrogen and oxygen atoms in total. The highest BCUT2D eigenvalue weighted by Crippen LogP contribution is 2.50. The van der Waals surface area contributed by atoms with Gasteiger partial charge in [0.1, 0.15) is 0 Å². The summed E-state index contributed by atoms with van der Waals surface area (Å²) in [7, 11) is 0. The van der Waals surface area contributed by atoms with Gasteiger partial charge in [0.25, 0.3) is 0 Å². The molecule has 0 amide bonds. The molecule has 2 fully saturated rings. The number of rotatable bonds is 6. The monoisotopic (exact) mass is 322 g/mol. The fraction of sp³-hybridized carbons (Fsp3) is 1.00. The zero-order chi connectivity index (χ0) is 17.7. The van der Waals surface area contributed by atoms with Gasteiger partial charge in [-0.15, -0.1) is 0 Å². The fourth-order valence-corrected chi connectivity index (χ4v) is 4.26. The van der Waals surface area contributed by atoms with Gasteiger partial charge >= 0.3 is 0 Å². The minimum atomic E-state index is 0.433. The highest BCUT2D eigenvalue weighted by atomic mass is 15.2. The first kappa shape index (κ1) is 19.2. The van der Waals surface area contributed by atoms with E-state index in [2.05, 4.69) is 72.1 Å². The summed E-state index contributed by atoms with van der Waals surface area (Å²) < 4.78 is 0. The van der Waals surface area contributed by atoms with E-state index in [1.807, 2.05) is 0 Å². The number of likely N-dealkylation sites (tertiary alicyclic amines) is 2. The van der Waals surface area contributed by atoms with Crippen LogP contribution in [0.1, 0.15) is 75.2 Å². The lowest BCUT2D eigenvalue weighted by molar-refractivity contribution is -0.0975. The number of nitrogens with zero attached hydrogens (tertiary/aromatic N) is 2. The summed E-state index contributed by atoms with van der Waals surface area (Å²) in [6, 6.07) is 0.704. The molecule has 0 radical (unpaired) electrons. The molecule has 2 heterocycles. The summed E-state index contributed by atoms with van der Waals surface area (Å²) >= 11 is 0. The lowest BCUT2D eigenvalue weighted by Crippen LogP contribution is -2.63. The molecule has 2 aliphatic heterocycles. The molecule has 2 heteroatoms. The maximum atomic E-state index is 2.67. The average Bonchev–Trinajstić information content (AvgIpc) is 2.30. The zero-order valence-electron chi connectivity index (χ0n) is 17.4. The quantitative estimate of drug-likeness (QED) is 0.687. The topological polar surface area (TPSA) is 6.48 Å². The van der Waals surface area contributed by atoms with Gasteiger partial charge in [-0.3, -0.25) is 4.90 Å². The van der Waals surface area contributed by atoms with Crippen molar-refractivity contribution >= 4 is 0 Å². The van der Waals surface area contributed by atoms with Crippen LogP contribution in [0.2, 0.25) is 0 Å². The van der Waals surface area contributed by atoms with Gasteiger partial charge in [-0.2, -0.15) is 0 Å². The van der Waals surface area contributed by atoms with Crippen molar-refractivity contribution in [1.29, 1.82) is 0 Å². The maximum Gasteiger partial charge on any atom is 0.00557 e. The van der Waals surface area contributed by atoms with Crippen molar-refractivity contribution in [1.82, 2.24) is 9.80 Å². The molecule has 0 N–H and O–H groups in total. The van der Waals surface area contributed by atoms with Crippen molar-refractivity contribution in [2.24, 2.45) is 21.7 Å². The third-order valence-electron chi connectivity index (χ3n) is 7.70. The van der Waals surface area contributed by atoms with Crippen LogP contribution in [0.4, 0.5) is 0 Å². The van der Waals surface area contributed by atoms with Gasteiger partial charge in [0.2, 0.25) is 0 Å². The second kappa shape index (κ2) is 6.02. The normalized spacial score (nSPS) is 25.3. The maximum absolute atomic E-state index is 2.67. The highest BCUT2D eigenvalue weighted by Gasteiger charge is 2.50. The Balaban J connectivity index is 1.73. The summed E-state index contributed by atoms with van der Waals surface area (Å²) in [5.74, 6) is 0. The summed E-state index contributed by atoms with van der Waals surface area (Å²) in [5.41, 5.74) is 1.91. The van der Waals surface area contributed by atoms with E-state index in [0.717, 1.165) is 0 Å². The first-order valence-electron chi connectivity index (χ1n) is 9.76. The van der Waals surface area contributed by atoms with E-state index in [4.69, 9.17) is 0 Å². The smallest absolute Gasteiger partial charge is 0.00557 e. The van der Waals surface area contributed by atoms with Gasteiger partial charge in [-0.1, -0.05) is 48.5 Å². The molecule has 0 aromatic heterocycles. The van der Waals surface area contributed by atoms with Gasteiger partial charge in [-0.25, -0.2) is 0 Å². The van der Waals surface area contributed by atoms with E-state index < -0.39 is 0 Å². The van der Waals surface area contributed by atoms with Crippen LogP contribution in [-0.4, -0.2) is 48.6 Å². The summed E-state index contributed by atoms with van der Waals surface area (Å²) in [6.45, 7) is 28.2. The molecule has 2 aliphatic rings. The van der Waals surface area contributed by atoms with E-state index in [1.54, 1.807) is 0 Å². The van der Waals surface area contributed by atoms with Crippen molar-refractivity contribution in [3.63, 3.8) is 0 Å². The highest BCUT2D eigenvalue weighted by molar-refractivity contribution is 5.02. The van der Waals surface area contributed by atoms with Crippen LogP contribution in [0.25, 0.3) is 0 Å². The van der Waals surface area contributed by atoms with E-state index >= 15 is 0 Å². The predicted octanol–water partition coefficient (Wildman–Crippen LogP) is 4.89. The van der Waals surface area contributed by atoms with E-state index in [9.17, 15) is 0 Å². The number of hydrogen-bond acceptors (Lipinski definition) is 2. The molecule has 0 unspecified atom stereocenters. The van der Waals surface area contributed by atoms with Crippen LogP contribution in [0, 0.1) is 21.7 Å². The SMILES string of the molecule is CC(C)N1CC(C)(C(C)(C)CCCN2CC(C)(C(C)(C)C)C2)C1. The Kier molecular flexibility index (Phi) is 5.04. The van der Waals surface area contributed by atoms with E-state index in [-0.39, 0.29) is 0 Å². The van der Waals surface area contributed by atoms with Crippen LogP contribution in [0.5, 0.6) is 0 Å². The molecule has 0 aromatic rings. The molecular formula is C21H42N2. The van der Waals surface area contributed by atoms with Crippen molar-refractivity contribution in [2.45, 2.75) is 81.2 Å². The Hall–Kier alpha value is -0.0800. The van der Waals surface area contributed by atoms with Gasteiger partial charge in [0.15, 0.2) is 0 Å². The molecule has 0 aliphatic carbocycles. The average molecular weight is 323 g/mol. The lowest BCUT2D eigenvalue weighted by Gasteiger charge is -2.59. The molecule has 136 valence electrons. The Labute approximate surface area is 146 Å². The van der Waals surface area contributed by atoms with Gasteiger partial charge in [0, 0.05) is 32.2 Å². The molecule has 23 heavy (non-hydrogen) atoms. The summed E-state index contributed by atoms with van der Waals surface area (Å²) in [5, 5.41) is 0. The molecule has 2 rings (SSSR count). The molecule has 2 saturated heterocycles. The molecule has 0 atom stereocenters. The van der Waals surface area contributed by atoms with Crippen molar-refractivity contribution in [3.05, 3.63) is 0 Å². The Morgan fingerprint density at radius 2 is 1.39 bits per heavy atom. The second-order valence-electron chi connectivity index (χ2n) is 11.1. The van der Waals surface area contributed by atoms with Gasteiger partial charge < -0.3 is 4.90 Å². The van der Waals surface area contributed by atoms with E-state index in [0.29, 0.717) is 27.7 Å².